The third-order valence-electron chi connectivity index (χ3n) is 5.18. The molecular weight excluding hydrogens is 497 g/mol. The molecule has 1 fully saturated rings. The summed E-state index contributed by atoms with van der Waals surface area (Å²) in [5, 5.41) is 10.2. The van der Waals surface area contributed by atoms with Crippen molar-refractivity contribution in [3.63, 3.8) is 0 Å². The number of thiazole rings is 1. The minimum Gasteiger partial charge on any atom is -0.496 e. The fraction of sp³-hybridized carbons (Fsp3) is 0.524. The van der Waals surface area contributed by atoms with Crippen LogP contribution in [0, 0.1) is 12.8 Å². The number of aromatic nitrogens is 1. The second-order valence-corrected chi connectivity index (χ2v) is 8.26. The first-order valence-corrected chi connectivity index (χ1v) is 10.8. The number of para-hydroxylation sites is 1. The highest BCUT2D eigenvalue weighted by molar-refractivity contribution is 14.0. The van der Waals surface area contributed by atoms with Crippen LogP contribution < -0.4 is 15.4 Å². The molecule has 1 aromatic heterocycles. The van der Waals surface area contributed by atoms with Gasteiger partial charge < -0.3 is 15.4 Å². The highest BCUT2D eigenvalue weighted by Gasteiger charge is 2.20. The molecule has 2 heterocycles. The monoisotopic (exact) mass is 529 g/mol. The average Bonchev–Trinajstić information content (AvgIpc) is 3.14. The van der Waals surface area contributed by atoms with E-state index in [9.17, 15) is 0 Å². The van der Waals surface area contributed by atoms with Crippen LogP contribution in [0.4, 0.5) is 0 Å². The summed E-state index contributed by atoms with van der Waals surface area (Å²) >= 11 is 1.74. The van der Waals surface area contributed by atoms with Crippen LogP contribution in [0.15, 0.2) is 34.6 Å². The Morgan fingerprint density at radius 3 is 2.69 bits per heavy atom. The number of halogens is 1. The van der Waals surface area contributed by atoms with Crippen LogP contribution in [0.3, 0.4) is 0 Å². The molecule has 2 aromatic rings. The Balaban J connectivity index is 0.00000300. The topological polar surface area (TPSA) is 61.8 Å². The maximum absolute atomic E-state index is 5.41. The number of rotatable bonds is 7. The van der Waals surface area contributed by atoms with E-state index in [0.29, 0.717) is 12.5 Å². The van der Waals surface area contributed by atoms with Crippen molar-refractivity contribution in [1.82, 2.24) is 20.5 Å². The third kappa shape index (κ3) is 7.42. The largest absolute Gasteiger partial charge is 0.496 e. The maximum Gasteiger partial charge on any atom is 0.191 e. The molecule has 1 aromatic carbocycles. The van der Waals surface area contributed by atoms with Crippen LogP contribution in [0.25, 0.3) is 0 Å². The number of hydrogen-bond acceptors (Lipinski definition) is 5. The van der Waals surface area contributed by atoms with E-state index in [0.717, 1.165) is 48.5 Å². The second kappa shape index (κ2) is 12.3. The number of hydrogen-bond donors (Lipinski definition) is 2. The number of methoxy groups -OCH3 is 1. The highest BCUT2D eigenvalue weighted by atomic mass is 127. The summed E-state index contributed by atoms with van der Waals surface area (Å²) in [7, 11) is 3.52. The lowest BCUT2D eigenvalue weighted by Gasteiger charge is -2.31. The SMILES string of the molecule is CN=C(NCc1ccccc1OC)NCC1CCN(Cc2csc(C)n2)CC1.I. The van der Waals surface area contributed by atoms with Gasteiger partial charge >= 0.3 is 0 Å². The average molecular weight is 529 g/mol. The molecule has 0 amide bonds. The van der Waals surface area contributed by atoms with Gasteiger partial charge in [-0.2, -0.15) is 0 Å². The molecule has 1 aliphatic rings. The fourth-order valence-electron chi connectivity index (χ4n) is 3.55. The summed E-state index contributed by atoms with van der Waals surface area (Å²) < 4.78 is 5.41. The molecule has 0 unspecified atom stereocenters. The van der Waals surface area contributed by atoms with Crippen molar-refractivity contribution in [2.75, 3.05) is 33.8 Å². The van der Waals surface area contributed by atoms with E-state index in [-0.39, 0.29) is 24.0 Å². The lowest BCUT2D eigenvalue weighted by Crippen LogP contribution is -2.42. The van der Waals surface area contributed by atoms with E-state index < -0.39 is 0 Å². The molecule has 0 bridgehead atoms. The van der Waals surface area contributed by atoms with Gasteiger partial charge in [-0.25, -0.2) is 4.98 Å². The molecule has 0 aliphatic carbocycles. The van der Waals surface area contributed by atoms with Gasteiger partial charge in [0.2, 0.25) is 0 Å². The van der Waals surface area contributed by atoms with E-state index in [4.69, 9.17) is 4.74 Å². The van der Waals surface area contributed by atoms with E-state index in [1.165, 1.54) is 18.5 Å². The number of nitrogens with one attached hydrogen (secondary N) is 2. The molecular formula is C21H32IN5OS. The van der Waals surface area contributed by atoms with Gasteiger partial charge in [0.15, 0.2) is 5.96 Å². The number of aryl methyl sites for hydroxylation is 1. The summed E-state index contributed by atoms with van der Waals surface area (Å²) in [6.45, 7) is 6.96. The molecule has 160 valence electrons. The van der Waals surface area contributed by atoms with Gasteiger partial charge in [0.1, 0.15) is 5.75 Å². The van der Waals surface area contributed by atoms with Crippen molar-refractivity contribution in [2.24, 2.45) is 10.9 Å². The summed E-state index contributed by atoms with van der Waals surface area (Å²) in [4.78, 5) is 11.4. The van der Waals surface area contributed by atoms with E-state index in [1.54, 1.807) is 18.4 Å². The molecule has 0 radical (unpaired) electrons. The summed E-state index contributed by atoms with van der Waals surface area (Å²) in [5.41, 5.74) is 2.33. The molecule has 8 heteroatoms. The predicted octanol–water partition coefficient (Wildman–Crippen LogP) is 3.66. The van der Waals surface area contributed by atoms with Crippen LogP contribution in [-0.4, -0.2) is 49.6 Å². The van der Waals surface area contributed by atoms with E-state index in [1.807, 2.05) is 25.2 Å². The van der Waals surface area contributed by atoms with Crippen molar-refractivity contribution in [2.45, 2.75) is 32.9 Å². The van der Waals surface area contributed by atoms with Gasteiger partial charge in [-0.1, -0.05) is 18.2 Å². The highest BCUT2D eigenvalue weighted by Crippen LogP contribution is 2.19. The van der Waals surface area contributed by atoms with Crippen LogP contribution in [0.5, 0.6) is 5.75 Å². The molecule has 1 saturated heterocycles. The Kier molecular flexibility index (Phi) is 10.2. The Labute approximate surface area is 195 Å². The van der Waals surface area contributed by atoms with Crippen molar-refractivity contribution in [3.05, 3.63) is 45.9 Å². The molecule has 2 N–H and O–H groups in total. The molecule has 29 heavy (non-hydrogen) atoms. The van der Waals surface area contributed by atoms with Crippen LogP contribution in [0.2, 0.25) is 0 Å². The number of nitrogens with zero attached hydrogens (tertiary/aromatic N) is 3. The number of piperidine rings is 1. The molecule has 3 rings (SSSR count). The number of benzene rings is 1. The Bertz CT molecular complexity index is 774. The number of aliphatic imine (C=N–C) groups is 1. The van der Waals surface area contributed by atoms with Gasteiger partial charge in [-0.15, -0.1) is 35.3 Å². The van der Waals surface area contributed by atoms with Gasteiger partial charge in [0.05, 0.1) is 17.8 Å². The maximum atomic E-state index is 5.41. The first-order chi connectivity index (χ1) is 13.7. The van der Waals surface area contributed by atoms with Gasteiger partial charge in [0.25, 0.3) is 0 Å². The van der Waals surface area contributed by atoms with Crippen LogP contribution in [-0.2, 0) is 13.1 Å². The van der Waals surface area contributed by atoms with Crippen molar-refractivity contribution in [3.8, 4) is 5.75 Å². The lowest BCUT2D eigenvalue weighted by atomic mass is 9.97. The third-order valence-corrected chi connectivity index (χ3v) is 6.00. The minimum absolute atomic E-state index is 0. The molecule has 0 atom stereocenters. The first-order valence-electron chi connectivity index (χ1n) is 9.87. The van der Waals surface area contributed by atoms with Crippen LogP contribution >= 0.6 is 35.3 Å². The standard InChI is InChI=1S/C21H31N5OS.HI/c1-16-25-19(15-28-16)14-26-10-8-17(9-11-26)12-23-21(22-2)24-13-18-6-4-5-7-20(18)27-3;/h4-7,15,17H,8-14H2,1-3H3,(H2,22,23,24);1H. The van der Waals surface area contributed by atoms with Crippen molar-refractivity contribution < 1.29 is 4.74 Å². The quantitative estimate of drug-likeness (QED) is 0.326. The normalized spacial score (nSPS) is 15.6. The Hall–Kier alpha value is -1.39. The zero-order valence-electron chi connectivity index (χ0n) is 17.5. The predicted molar refractivity (Wildman–Crippen MR) is 131 cm³/mol. The van der Waals surface area contributed by atoms with Crippen LogP contribution in [0.1, 0.15) is 29.1 Å². The number of guanidine groups is 1. The zero-order chi connectivity index (χ0) is 19.8. The number of ether oxygens (including phenoxy) is 1. The first kappa shape index (κ1) is 23.9. The smallest absolute Gasteiger partial charge is 0.191 e. The van der Waals surface area contributed by atoms with Crippen molar-refractivity contribution >= 4 is 41.3 Å². The zero-order valence-corrected chi connectivity index (χ0v) is 20.6. The lowest BCUT2D eigenvalue weighted by molar-refractivity contribution is 0.176. The van der Waals surface area contributed by atoms with Gasteiger partial charge in [-0.05, 0) is 44.8 Å². The second-order valence-electron chi connectivity index (χ2n) is 7.20. The molecule has 6 nitrogen and oxygen atoms in total. The Morgan fingerprint density at radius 1 is 1.28 bits per heavy atom. The minimum atomic E-state index is 0. The molecule has 0 saturated carbocycles. The van der Waals surface area contributed by atoms with Gasteiger partial charge in [-0.3, -0.25) is 9.89 Å². The van der Waals surface area contributed by atoms with Gasteiger partial charge in [0, 0.05) is 37.6 Å². The summed E-state index contributed by atoms with van der Waals surface area (Å²) in [6.07, 6.45) is 2.42. The number of likely N-dealkylation sites (tertiary alicyclic amines) is 1. The van der Waals surface area contributed by atoms with E-state index in [2.05, 4.69) is 43.9 Å². The van der Waals surface area contributed by atoms with Crippen molar-refractivity contribution in [1.29, 1.82) is 0 Å². The molecule has 0 spiro atoms. The van der Waals surface area contributed by atoms with E-state index >= 15 is 0 Å². The summed E-state index contributed by atoms with van der Waals surface area (Å²) in [5.74, 6) is 2.41. The summed E-state index contributed by atoms with van der Waals surface area (Å²) in [6, 6.07) is 8.06. The fourth-order valence-corrected chi connectivity index (χ4v) is 4.15. The molecule has 1 aliphatic heterocycles. The Morgan fingerprint density at radius 2 is 2.03 bits per heavy atom.